The highest BCUT2D eigenvalue weighted by molar-refractivity contribution is 6.07. The normalized spacial score (nSPS) is 14.4. The van der Waals surface area contributed by atoms with Crippen LogP contribution in [0.2, 0.25) is 0 Å². The number of rotatable bonds is 7. The molecule has 9 nitrogen and oxygen atoms in total. The van der Waals surface area contributed by atoms with E-state index in [0.717, 1.165) is 66.4 Å². The molecule has 2 amide bonds. The molecule has 2 aromatic heterocycles. The van der Waals surface area contributed by atoms with Gasteiger partial charge in [-0.3, -0.25) is 15.2 Å². The number of aromatic nitrogens is 3. The molecule has 1 saturated heterocycles. The van der Waals surface area contributed by atoms with Crippen molar-refractivity contribution < 1.29 is 14.3 Å². The average molecular weight is 529 g/mol. The highest BCUT2D eigenvalue weighted by atomic mass is 16.5. The number of benzene rings is 2. The fraction of sp³-hybridized carbons (Fsp3) is 0.367. The van der Waals surface area contributed by atoms with Gasteiger partial charge < -0.3 is 14.8 Å². The van der Waals surface area contributed by atoms with Crippen LogP contribution in [0, 0.1) is 6.92 Å². The van der Waals surface area contributed by atoms with E-state index in [0.29, 0.717) is 18.1 Å². The summed E-state index contributed by atoms with van der Waals surface area (Å²) >= 11 is 0. The number of morpholine rings is 1. The lowest BCUT2D eigenvalue weighted by Crippen LogP contribution is -2.38. The topological polar surface area (TPSA) is 93.5 Å². The van der Waals surface area contributed by atoms with Gasteiger partial charge in [-0.15, -0.1) is 0 Å². The molecule has 3 heterocycles. The zero-order valence-electron chi connectivity index (χ0n) is 23.0. The summed E-state index contributed by atoms with van der Waals surface area (Å²) in [5, 5.41) is 12.6. The number of carbonyl (C=O) groups is 1. The third-order valence-electron chi connectivity index (χ3n) is 6.76. The van der Waals surface area contributed by atoms with Gasteiger partial charge in [-0.05, 0) is 31.2 Å². The van der Waals surface area contributed by atoms with Crippen LogP contribution in [0.15, 0.2) is 60.8 Å². The smallest absolute Gasteiger partial charge is 0.324 e. The molecule has 4 aromatic rings. The van der Waals surface area contributed by atoms with Crippen molar-refractivity contribution in [1.82, 2.24) is 19.7 Å². The molecular formula is C30H36N6O3. The second-order valence-electron chi connectivity index (χ2n) is 10.8. The van der Waals surface area contributed by atoms with Crippen LogP contribution in [0.1, 0.15) is 32.2 Å². The Bertz CT molecular complexity index is 1440. The van der Waals surface area contributed by atoms with Crippen molar-refractivity contribution in [3.63, 3.8) is 0 Å². The molecule has 9 heteroatoms. The first-order valence-corrected chi connectivity index (χ1v) is 13.3. The van der Waals surface area contributed by atoms with E-state index in [9.17, 15) is 4.79 Å². The Kier molecular flexibility index (Phi) is 7.81. The minimum atomic E-state index is -0.359. The van der Waals surface area contributed by atoms with Gasteiger partial charge in [-0.25, -0.2) is 9.48 Å². The number of pyridine rings is 1. The SMILES string of the molecule is Cc1ccc(-n2nc(C(C)(C)C)cc2NC(=O)Nc2ccc(OCCN3CCOCC3)c3ccccc23)cn1. The lowest BCUT2D eigenvalue weighted by molar-refractivity contribution is 0.0323. The molecule has 0 radical (unpaired) electrons. The second kappa shape index (κ2) is 11.4. The standard InChI is InChI=1S/C30H36N6O3/c1-21-9-10-22(20-31-21)36-28(19-27(34-36)30(2,3)4)33-29(37)32-25-11-12-26(24-8-6-5-7-23(24)25)39-18-15-35-13-16-38-17-14-35/h5-12,19-20H,13-18H2,1-4H3,(H2,32,33,37). The summed E-state index contributed by atoms with van der Waals surface area (Å²) in [7, 11) is 0. The third-order valence-corrected chi connectivity index (χ3v) is 6.76. The molecule has 5 rings (SSSR count). The summed E-state index contributed by atoms with van der Waals surface area (Å²) in [6, 6.07) is 17.1. The maximum absolute atomic E-state index is 13.2. The van der Waals surface area contributed by atoms with Gasteiger partial charge >= 0.3 is 6.03 Å². The first-order valence-electron chi connectivity index (χ1n) is 13.3. The van der Waals surface area contributed by atoms with Gasteiger partial charge in [0.25, 0.3) is 0 Å². The Morgan fingerprint density at radius 2 is 1.79 bits per heavy atom. The number of aryl methyl sites for hydroxylation is 1. The van der Waals surface area contributed by atoms with E-state index in [2.05, 4.69) is 41.3 Å². The van der Waals surface area contributed by atoms with Crippen LogP contribution in [0.3, 0.4) is 0 Å². The number of hydrogen-bond acceptors (Lipinski definition) is 6. The zero-order chi connectivity index (χ0) is 27.4. The van der Waals surface area contributed by atoms with Crippen LogP contribution in [-0.4, -0.2) is 65.2 Å². The summed E-state index contributed by atoms with van der Waals surface area (Å²) in [5.41, 5.74) is 3.06. The van der Waals surface area contributed by atoms with Gasteiger partial charge in [0.05, 0.1) is 36.5 Å². The number of fused-ring (bicyclic) bond motifs is 1. The Labute approximate surface area is 229 Å². The van der Waals surface area contributed by atoms with Gasteiger partial charge in [0.15, 0.2) is 0 Å². The number of carbonyl (C=O) groups excluding carboxylic acids is 1. The molecule has 0 atom stereocenters. The van der Waals surface area contributed by atoms with E-state index < -0.39 is 0 Å². The minimum absolute atomic E-state index is 0.190. The summed E-state index contributed by atoms with van der Waals surface area (Å²) < 4.78 is 13.3. The van der Waals surface area contributed by atoms with Crippen molar-refractivity contribution >= 4 is 28.3 Å². The third kappa shape index (κ3) is 6.38. The molecule has 0 spiro atoms. The summed E-state index contributed by atoms with van der Waals surface area (Å²) in [4.78, 5) is 20.0. The molecule has 0 unspecified atom stereocenters. The van der Waals surface area contributed by atoms with Gasteiger partial charge in [0, 0.05) is 47.6 Å². The molecule has 2 aromatic carbocycles. The van der Waals surface area contributed by atoms with Crippen LogP contribution < -0.4 is 15.4 Å². The van der Waals surface area contributed by atoms with Crippen molar-refractivity contribution in [3.05, 3.63) is 72.2 Å². The molecule has 0 aliphatic carbocycles. The second-order valence-corrected chi connectivity index (χ2v) is 10.8. The molecule has 204 valence electrons. The number of anilines is 2. The lowest BCUT2D eigenvalue weighted by Gasteiger charge is -2.26. The van der Waals surface area contributed by atoms with Gasteiger partial charge in [-0.2, -0.15) is 5.10 Å². The van der Waals surface area contributed by atoms with Crippen molar-refractivity contribution in [2.75, 3.05) is 50.1 Å². The first kappa shape index (κ1) is 26.6. The van der Waals surface area contributed by atoms with Gasteiger partial charge in [-0.1, -0.05) is 45.0 Å². The van der Waals surface area contributed by atoms with Gasteiger partial charge in [0.1, 0.15) is 18.2 Å². The predicted molar refractivity (Wildman–Crippen MR) is 154 cm³/mol. The van der Waals surface area contributed by atoms with Crippen LogP contribution in [0.4, 0.5) is 16.3 Å². The van der Waals surface area contributed by atoms with Crippen LogP contribution in [0.5, 0.6) is 5.75 Å². The average Bonchev–Trinajstić information content (AvgIpc) is 3.35. The molecule has 39 heavy (non-hydrogen) atoms. The Morgan fingerprint density at radius 3 is 2.51 bits per heavy atom. The van der Waals surface area contributed by atoms with Crippen LogP contribution >= 0.6 is 0 Å². The van der Waals surface area contributed by atoms with Crippen LogP contribution in [-0.2, 0) is 10.2 Å². The quantitative estimate of drug-likeness (QED) is 0.335. The number of nitrogens with zero attached hydrogens (tertiary/aromatic N) is 4. The number of nitrogens with one attached hydrogen (secondary N) is 2. The Morgan fingerprint density at radius 1 is 1.03 bits per heavy atom. The van der Waals surface area contributed by atoms with E-state index in [1.165, 1.54) is 0 Å². The largest absolute Gasteiger partial charge is 0.492 e. The lowest BCUT2D eigenvalue weighted by atomic mass is 9.92. The highest BCUT2D eigenvalue weighted by Gasteiger charge is 2.22. The molecule has 1 aliphatic heterocycles. The zero-order valence-corrected chi connectivity index (χ0v) is 23.0. The Hall–Kier alpha value is -3.95. The van der Waals surface area contributed by atoms with Crippen LogP contribution in [0.25, 0.3) is 16.5 Å². The molecule has 1 fully saturated rings. The fourth-order valence-electron chi connectivity index (χ4n) is 4.50. The molecule has 1 aliphatic rings. The monoisotopic (exact) mass is 528 g/mol. The maximum atomic E-state index is 13.2. The van der Waals surface area contributed by atoms with E-state index >= 15 is 0 Å². The maximum Gasteiger partial charge on any atom is 0.324 e. The number of amides is 2. The van der Waals surface area contributed by atoms with Gasteiger partial charge in [0.2, 0.25) is 0 Å². The van der Waals surface area contributed by atoms with E-state index in [1.807, 2.05) is 61.5 Å². The highest BCUT2D eigenvalue weighted by Crippen LogP contribution is 2.32. The molecular weight excluding hydrogens is 492 g/mol. The molecule has 0 saturated carbocycles. The van der Waals surface area contributed by atoms with Crippen molar-refractivity contribution in [2.45, 2.75) is 33.1 Å². The minimum Gasteiger partial charge on any atom is -0.492 e. The van der Waals surface area contributed by atoms with Crippen molar-refractivity contribution in [3.8, 4) is 11.4 Å². The van der Waals surface area contributed by atoms with E-state index in [-0.39, 0.29) is 11.4 Å². The van der Waals surface area contributed by atoms with E-state index in [4.69, 9.17) is 14.6 Å². The molecule has 0 bridgehead atoms. The number of hydrogen-bond donors (Lipinski definition) is 2. The summed E-state index contributed by atoms with van der Waals surface area (Å²) in [6.07, 6.45) is 1.75. The summed E-state index contributed by atoms with van der Waals surface area (Å²) in [5.74, 6) is 1.36. The predicted octanol–water partition coefficient (Wildman–Crippen LogP) is 5.38. The van der Waals surface area contributed by atoms with E-state index in [1.54, 1.807) is 10.9 Å². The number of urea groups is 1. The summed E-state index contributed by atoms with van der Waals surface area (Å²) in [6.45, 7) is 13.0. The Balaban J connectivity index is 1.33. The molecule has 2 N–H and O–H groups in total. The number of ether oxygens (including phenoxy) is 2. The first-order chi connectivity index (χ1) is 18.8. The fourth-order valence-corrected chi connectivity index (χ4v) is 4.50. The van der Waals surface area contributed by atoms with Crippen molar-refractivity contribution in [2.24, 2.45) is 0 Å². The van der Waals surface area contributed by atoms with Crippen molar-refractivity contribution in [1.29, 1.82) is 0 Å².